The predicted octanol–water partition coefficient (Wildman–Crippen LogP) is 2.27. The summed E-state index contributed by atoms with van der Waals surface area (Å²) in [5.74, 6) is 2.53. The average Bonchev–Trinajstić information content (AvgIpc) is 2.68. The van der Waals surface area contributed by atoms with Crippen molar-refractivity contribution in [2.45, 2.75) is 38.6 Å². The molecule has 0 spiro atoms. The Bertz CT molecular complexity index is 310. The summed E-state index contributed by atoms with van der Waals surface area (Å²) in [6, 6.07) is 0.881. The van der Waals surface area contributed by atoms with Crippen LogP contribution < -0.4 is 5.32 Å². The van der Waals surface area contributed by atoms with E-state index < -0.39 is 0 Å². The molecule has 3 unspecified atom stereocenters. The second-order valence-electron chi connectivity index (χ2n) is 6.41. The van der Waals surface area contributed by atoms with Crippen LogP contribution in [0.3, 0.4) is 0 Å². The lowest BCUT2D eigenvalue weighted by molar-refractivity contribution is 0.209. The number of likely N-dealkylation sites (tertiary alicyclic amines) is 1. The van der Waals surface area contributed by atoms with Gasteiger partial charge < -0.3 is 10.2 Å². The number of hydrogen-bond acceptors (Lipinski definition) is 2. The van der Waals surface area contributed by atoms with E-state index in [1.807, 2.05) is 0 Å². The van der Waals surface area contributed by atoms with Crippen LogP contribution in [0.15, 0.2) is 11.6 Å². The highest BCUT2D eigenvalue weighted by molar-refractivity contribution is 5.18. The third-order valence-corrected chi connectivity index (χ3v) is 5.12. The Kier molecular flexibility index (Phi) is 3.27. The van der Waals surface area contributed by atoms with Crippen molar-refractivity contribution >= 4 is 0 Å². The molecular formula is C15H26N2. The van der Waals surface area contributed by atoms with Gasteiger partial charge in [0.15, 0.2) is 0 Å². The van der Waals surface area contributed by atoms with E-state index in [1.165, 1.54) is 38.8 Å². The predicted molar refractivity (Wildman–Crippen MR) is 72.0 cm³/mol. The molecule has 0 aromatic heterocycles. The average molecular weight is 234 g/mol. The second-order valence-corrected chi connectivity index (χ2v) is 6.41. The van der Waals surface area contributed by atoms with Crippen LogP contribution in [0.4, 0.5) is 0 Å². The lowest BCUT2D eigenvalue weighted by Crippen LogP contribution is -2.34. The van der Waals surface area contributed by atoms with Crippen LogP contribution in [-0.4, -0.2) is 37.6 Å². The van der Waals surface area contributed by atoms with E-state index in [1.54, 1.807) is 5.57 Å². The minimum Gasteiger partial charge on any atom is -0.312 e. The molecule has 3 aliphatic rings. The van der Waals surface area contributed by atoms with E-state index in [0.717, 1.165) is 30.3 Å². The van der Waals surface area contributed by atoms with Gasteiger partial charge in [0.2, 0.25) is 0 Å². The maximum atomic E-state index is 3.59. The molecule has 3 rings (SSSR count). The molecule has 1 saturated heterocycles. The van der Waals surface area contributed by atoms with E-state index in [4.69, 9.17) is 0 Å². The number of nitrogens with one attached hydrogen (secondary N) is 1. The van der Waals surface area contributed by atoms with Gasteiger partial charge in [-0.3, -0.25) is 0 Å². The van der Waals surface area contributed by atoms with Crippen molar-refractivity contribution in [1.29, 1.82) is 0 Å². The molecule has 1 saturated carbocycles. The molecule has 17 heavy (non-hydrogen) atoms. The van der Waals surface area contributed by atoms with Crippen molar-refractivity contribution in [2.75, 3.05) is 26.7 Å². The fourth-order valence-corrected chi connectivity index (χ4v) is 4.31. The highest BCUT2D eigenvalue weighted by Crippen LogP contribution is 2.42. The molecule has 1 N–H and O–H groups in total. The molecule has 2 aliphatic heterocycles. The van der Waals surface area contributed by atoms with Gasteiger partial charge in [-0.15, -0.1) is 0 Å². The summed E-state index contributed by atoms with van der Waals surface area (Å²) in [5, 5.41) is 3.59. The Morgan fingerprint density at radius 2 is 2.12 bits per heavy atom. The summed E-state index contributed by atoms with van der Waals surface area (Å²) in [6.45, 7) is 5.95. The van der Waals surface area contributed by atoms with E-state index in [2.05, 4.69) is 30.3 Å². The van der Waals surface area contributed by atoms with E-state index in [9.17, 15) is 0 Å². The molecule has 2 fully saturated rings. The molecule has 96 valence electrons. The van der Waals surface area contributed by atoms with Crippen molar-refractivity contribution < 1.29 is 0 Å². The Morgan fingerprint density at radius 1 is 1.29 bits per heavy atom. The lowest BCUT2D eigenvalue weighted by atomic mass is 9.76. The summed E-state index contributed by atoms with van der Waals surface area (Å²) < 4.78 is 0. The van der Waals surface area contributed by atoms with E-state index >= 15 is 0 Å². The Hall–Kier alpha value is -0.340. The molecule has 1 aliphatic carbocycles. The largest absolute Gasteiger partial charge is 0.312 e. The normalized spacial score (nSPS) is 43.3. The Balaban J connectivity index is 1.79. The zero-order valence-electron chi connectivity index (χ0n) is 11.3. The van der Waals surface area contributed by atoms with Crippen molar-refractivity contribution in [3.05, 3.63) is 11.6 Å². The monoisotopic (exact) mass is 234 g/mol. The first-order valence-corrected chi connectivity index (χ1v) is 7.37. The first-order valence-electron chi connectivity index (χ1n) is 7.37. The van der Waals surface area contributed by atoms with Crippen LogP contribution >= 0.6 is 0 Å². The van der Waals surface area contributed by atoms with Crippen LogP contribution in [0.1, 0.15) is 32.6 Å². The molecule has 0 bridgehead atoms. The third-order valence-electron chi connectivity index (χ3n) is 5.12. The van der Waals surface area contributed by atoms with Gasteiger partial charge >= 0.3 is 0 Å². The molecule has 2 nitrogen and oxygen atoms in total. The van der Waals surface area contributed by atoms with Crippen LogP contribution in [0.25, 0.3) is 0 Å². The van der Waals surface area contributed by atoms with Crippen LogP contribution in [0.2, 0.25) is 0 Å². The van der Waals surface area contributed by atoms with Crippen molar-refractivity contribution in [2.24, 2.45) is 17.8 Å². The summed E-state index contributed by atoms with van der Waals surface area (Å²) >= 11 is 0. The number of rotatable bonds is 1. The molecule has 0 radical (unpaired) electrons. The molecular weight excluding hydrogens is 208 g/mol. The maximum Gasteiger partial charge on any atom is 0.0168 e. The molecule has 0 aromatic carbocycles. The highest BCUT2D eigenvalue weighted by Gasteiger charge is 2.42. The van der Waals surface area contributed by atoms with Gasteiger partial charge in [0.25, 0.3) is 0 Å². The highest BCUT2D eigenvalue weighted by atomic mass is 15.2. The van der Waals surface area contributed by atoms with Gasteiger partial charge in [-0.05, 0) is 37.6 Å². The molecule has 2 heteroatoms. The minimum absolute atomic E-state index is 0.728. The number of hydrogen-bond donors (Lipinski definition) is 1. The number of nitrogens with zero attached hydrogens (tertiary/aromatic N) is 1. The quantitative estimate of drug-likeness (QED) is 0.700. The van der Waals surface area contributed by atoms with Crippen molar-refractivity contribution in [3.8, 4) is 0 Å². The van der Waals surface area contributed by atoms with E-state index in [0.29, 0.717) is 0 Å². The standard InChI is InChI=1S/C15H26N2/c1-11-7-12(9-16-8-11)14-10-17(2)15-6-4-3-5-13(14)15/h7,11,13-16H,3-6,8-10H2,1-2H3/t11-,13?,14?,15?/m1/s1. The van der Waals surface area contributed by atoms with Gasteiger partial charge in [-0.1, -0.05) is 31.4 Å². The van der Waals surface area contributed by atoms with Crippen LogP contribution in [0, 0.1) is 17.8 Å². The van der Waals surface area contributed by atoms with E-state index in [-0.39, 0.29) is 0 Å². The first-order chi connectivity index (χ1) is 8.25. The van der Waals surface area contributed by atoms with Crippen molar-refractivity contribution in [3.63, 3.8) is 0 Å². The summed E-state index contributed by atoms with van der Waals surface area (Å²) in [5.41, 5.74) is 1.71. The molecule has 2 heterocycles. The molecule has 0 aromatic rings. The zero-order chi connectivity index (χ0) is 11.8. The number of fused-ring (bicyclic) bond motifs is 1. The Morgan fingerprint density at radius 3 is 2.94 bits per heavy atom. The van der Waals surface area contributed by atoms with Gasteiger partial charge in [0, 0.05) is 25.7 Å². The van der Waals surface area contributed by atoms with Gasteiger partial charge in [-0.25, -0.2) is 0 Å². The van der Waals surface area contributed by atoms with Gasteiger partial charge in [0.1, 0.15) is 0 Å². The van der Waals surface area contributed by atoms with Crippen LogP contribution in [-0.2, 0) is 0 Å². The fourth-order valence-electron chi connectivity index (χ4n) is 4.31. The first kappa shape index (κ1) is 11.7. The second kappa shape index (κ2) is 4.74. The maximum absolute atomic E-state index is 3.59. The fraction of sp³-hybridized carbons (Fsp3) is 0.867. The van der Waals surface area contributed by atoms with Gasteiger partial charge in [-0.2, -0.15) is 0 Å². The molecule has 0 amide bonds. The topological polar surface area (TPSA) is 15.3 Å². The minimum atomic E-state index is 0.728. The smallest absolute Gasteiger partial charge is 0.0168 e. The van der Waals surface area contributed by atoms with Gasteiger partial charge in [0.05, 0.1) is 0 Å². The zero-order valence-corrected chi connectivity index (χ0v) is 11.3. The molecule has 4 atom stereocenters. The summed E-state index contributed by atoms with van der Waals surface area (Å²) in [4.78, 5) is 2.63. The Labute approximate surface area is 105 Å². The lowest BCUT2D eigenvalue weighted by Gasteiger charge is -2.32. The third kappa shape index (κ3) is 2.17. The van der Waals surface area contributed by atoms with Crippen LogP contribution in [0.5, 0.6) is 0 Å². The summed E-state index contributed by atoms with van der Waals surface area (Å²) in [6.07, 6.45) is 8.37. The SMILES string of the molecule is C[C@@H]1C=C(C2CN(C)C3CCCCC23)CNC1. The van der Waals surface area contributed by atoms with Crippen molar-refractivity contribution in [1.82, 2.24) is 10.2 Å². The summed E-state index contributed by atoms with van der Waals surface area (Å²) in [7, 11) is 2.34.